The minimum absolute atomic E-state index is 0.816. The second kappa shape index (κ2) is 5.31. The van der Waals surface area contributed by atoms with Gasteiger partial charge >= 0.3 is 0 Å². The van der Waals surface area contributed by atoms with E-state index in [1.807, 2.05) is 31.2 Å². The van der Waals surface area contributed by atoms with Crippen molar-refractivity contribution >= 4 is 6.29 Å². The van der Waals surface area contributed by atoms with E-state index in [0.29, 0.717) is 0 Å². The molecule has 1 aromatic rings. The molecule has 1 heteroatoms. The highest BCUT2D eigenvalue weighted by Crippen LogP contribution is 2.03. The molecule has 0 aromatic heterocycles. The molecule has 13 heavy (non-hydrogen) atoms. The van der Waals surface area contributed by atoms with Gasteiger partial charge in [0.2, 0.25) is 0 Å². The zero-order valence-corrected chi connectivity index (χ0v) is 7.86. The van der Waals surface area contributed by atoms with Crippen molar-refractivity contribution in [2.24, 2.45) is 0 Å². The lowest BCUT2D eigenvalue weighted by Crippen LogP contribution is -1.83. The Bertz CT molecular complexity index is 285. The Kier molecular flexibility index (Phi) is 3.97. The number of carbonyl (C=O) groups is 1. The normalized spacial score (nSPS) is 11.3. The monoisotopic (exact) mass is 174 g/mol. The number of rotatable bonds is 4. The predicted octanol–water partition coefficient (Wildman–Crippen LogP) is 2.76. The molecule has 0 N–H and O–H groups in total. The van der Waals surface area contributed by atoms with Crippen LogP contribution >= 0.6 is 0 Å². The van der Waals surface area contributed by atoms with Gasteiger partial charge in [-0.05, 0) is 30.9 Å². The summed E-state index contributed by atoms with van der Waals surface area (Å²) >= 11 is 0. The average molecular weight is 174 g/mol. The summed E-state index contributed by atoms with van der Waals surface area (Å²) < 4.78 is 0. The summed E-state index contributed by atoms with van der Waals surface area (Å²) in [7, 11) is 0. The van der Waals surface area contributed by atoms with E-state index in [-0.39, 0.29) is 0 Å². The Morgan fingerprint density at radius 1 is 1.31 bits per heavy atom. The molecule has 0 heterocycles. The topological polar surface area (TPSA) is 17.1 Å². The van der Waals surface area contributed by atoms with Gasteiger partial charge in [-0.25, -0.2) is 0 Å². The van der Waals surface area contributed by atoms with Crippen LogP contribution < -0.4 is 0 Å². The van der Waals surface area contributed by atoms with Gasteiger partial charge in [-0.15, -0.1) is 0 Å². The van der Waals surface area contributed by atoms with Crippen LogP contribution in [0.2, 0.25) is 0 Å². The van der Waals surface area contributed by atoms with Crippen LogP contribution in [-0.4, -0.2) is 6.29 Å². The third-order valence-corrected chi connectivity index (χ3v) is 1.93. The number of carbonyl (C=O) groups excluding carboxylic acids is 1. The number of allylic oxidation sites excluding steroid dienone is 2. The fraction of sp³-hybridized carbons (Fsp3) is 0.250. The van der Waals surface area contributed by atoms with Crippen LogP contribution in [-0.2, 0) is 11.2 Å². The number of hydrogen-bond donors (Lipinski definition) is 0. The summed E-state index contributed by atoms with van der Waals surface area (Å²) in [5, 5.41) is 0. The zero-order valence-electron chi connectivity index (χ0n) is 7.86. The maximum absolute atomic E-state index is 10.3. The Balaban J connectivity index is 2.40. The molecule has 0 aliphatic carbocycles. The van der Waals surface area contributed by atoms with E-state index in [0.717, 1.165) is 24.7 Å². The molecule has 68 valence electrons. The van der Waals surface area contributed by atoms with E-state index >= 15 is 0 Å². The van der Waals surface area contributed by atoms with Crippen molar-refractivity contribution in [3.63, 3.8) is 0 Å². The van der Waals surface area contributed by atoms with E-state index in [2.05, 4.69) is 12.1 Å². The van der Waals surface area contributed by atoms with Crippen molar-refractivity contribution in [3.05, 3.63) is 47.5 Å². The molecule has 0 amide bonds. The maximum atomic E-state index is 10.3. The second-order valence-corrected chi connectivity index (χ2v) is 3.09. The van der Waals surface area contributed by atoms with Crippen molar-refractivity contribution in [2.45, 2.75) is 19.8 Å². The minimum atomic E-state index is 0.816. The number of hydrogen-bond acceptors (Lipinski definition) is 1. The van der Waals surface area contributed by atoms with Crippen molar-refractivity contribution < 1.29 is 4.79 Å². The highest BCUT2D eigenvalue weighted by molar-refractivity contribution is 5.71. The molecule has 0 atom stereocenters. The fourth-order valence-electron chi connectivity index (χ4n) is 1.16. The first kappa shape index (κ1) is 9.72. The first-order chi connectivity index (χ1) is 6.33. The lowest BCUT2D eigenvalue weighted by atomic mass is 10.1. The standard InChI is InChI=1S/C12H14O/c1-11(10-13)6-5-9-12-7-3-2-4-8-12/h2-4,6-8,10H,5,9H2,1H3/b11-6-. The van der Waals surface area contributed by atoms with Gasteiger partial charge in [-0.1, -0.05) is 36.4 Å². The third-order valence-electron chi connectivity index (χ3n) is 1.93. The molecule has 1 rings (SSSR count). The maximum Gasteiger partial charge on any atom is 0.145 e. The van der Waals surface area contributed by atoms with E-state index in [9.17, 15) is 4.79 Å². The largest absolute Gasteiger partial charge is 0.298 e. The third kappa shape index (κ3) is 3.70. The summed E-state index contributed by atoms with van der Waals surface area (Å²) in [6.45, 7) is 1.83. The SMILES string of the molecule is C/C(C=O)=C/CCc1ccccc1. The van der Waals surface area contributed by atoms with Gasteiger partial charge in [-0.2, -0.15) is 0 Å². The first-order valence-electron chi connectivity index (χ1n) is 4.49. The van der Waals surface area contributed by atoms with Gasteiger partial charge in [0.15, 0.2) is 0 Å². The lowest BCUT2D eigenvalue weighted by molar-refractivity contribution is -0.104. The van der Waals surface area contributed by atoms with Crippen molar-refractivity contribution in [1.29, 1.82) is 0 Å². The van der Waals surface area contributed by atoms with E-state index in [1.165, 1.54) is 5.56 Å². The highest BCUT2D eigenvalue weighted by atomic mass is 16.1. The quantitative estimate of drug-likeness (QED) is 0.506. The summed E-state index contributed by atoms with van der Waals surface area (Å²) in [6, 6.07) is 10.3. The number of benzene rings is 1. The Morgan fingerprint density at radius 3 is 2.62 bits per heavy atom. The summed E-state index contributed by atoms with van der Waals surface area (Å²) in [5.41, 5.74) is 2.13. The number of aryl methyl sites for hydroxylation is 1. The fourth-order valence-corrected chi connectivity index (χ4v) is 1.16. The molecule has 0 spiro atoms. The summed E-state index contributed by atoms with van der Waals surface area (Å²) in [6.07, 6.45) is 4.81. The minimum Gasteiger partial charge on any atom is -0.298 e. The molecular weight excluding hydrogens is 160 g/mol. The molecule has 0 saturated heterocycles. The smallest absolute Gasteiger partial charge is 0.145 e. The van der Waals surface area contributed by atoms with Crippen molar-refractivity contribution in [1.82, 2.24) is 0 Å². The van der Waals surface area contributed by atoms with Gasteiger partial charge in [0.25, 0.3) is 0 Å². The number of aldehydes is 1. The molecule has 1 nitrogen and oxygen atoms in total. The highest BCUT2D eigenvalue weighted by Gasteiger charge is 1.89. The average Bonchev–Trinajstić information content (AvgIpc) is 2.19. The van der Waals surface area contributed by atoms with Gasteiger partial charge in [0, 0.05) is 0 Å². The molecule has 0 saturated carbocycles. The Hall–Kier alpha value is -1.37. The molecule has 1 aromatic carbocycles. The molecular formula is C12H14O. The Morgan fingerprint density at radius 2 is 2.00 bits per heavy atom. The van der Waals surface area contributed by atoms with Crippen LogP contribution in [0.5, 0.6) is 0 Å². The van der Waals surface area contributed by atoms with Crippen LogP contribution in [0.1, 0.15) is 18.9 Å². The molecule has 0 aliphatic rings. The van der Waals surface area contributed by atoms with E-state index in [1.54, 1.807) is 0 Å². The predicted molar refractivity (Wildman–Crippen MR) is 54.6 cm³/mol. The van der Waals surface area contributed by atoms with Gasteiger partial charge in [-0.3, -0.25) is 4.79 Å². The van der Waals surface area contributed by atoms with Gasteiger partial charge < -0.3 is 0 Å². The van der Waals surface area contributed by atoms with Gasteiger partial charge in [0.1, 0.15) is 6.29 Å². The first-order valence-corrected chi connectivity index (χ1v) is 4.49. The Labute approximate surface area is 79.1 Å². The zero-order chi connectivity index (χ0) is 9.52. The van der Waals surface area contributed by atoms with E-state index < -0.39 is 0 Å². The molecule has 0 fully saturated rings. The molecule has 0 bridgehead atoms. The molecule has 0 unspecified atom stereocenters. The van der Waals surface area contributed by atoms with Crippen LogP contribution in [0.3, 0.4) is 0 Å². The van der Waals surface area contributed by atoms with Gasteiger partial charge in [0.05, 0.1) is 0 Å². The van der Waals surface area contributed by atoms with Crippen LogP contribution in [0.25, 0.3) is 0 Å². The lowest BCUT2D eigenvalue weighted by Gasteiger charge is -1.96. The van der Waals surface area contributed by atoms with Crippen LogP contribution in [0, 0.1) is 0 Å². The molecule has 0 aliphatic heterocycles. The van der Waals surface area contributed by atoms with Crippen LogP contribution in [0.4, 0.5) is 0 Å². The van der Waals surface area contributed by atoms with Crippen LogP contribution in [0.15, 0.2) is 42.0 Å². The van der Waals surface area contributed by atoms with E-state index in [4.69, 9.17) is 0 Å². The molecule has 0 radical (unpaired) electrons. The summed E-state index contributed by atoms with van der Waals surface area (Å²) in [4.78, 5) is 10.3. The summed E-state index contributed by atoms with van der Waals surface area (Å²) in [5.74, 6) is 0. The van der Waals surface area contributed by atoms with Crippen molar-refractivity contribution in [2.75, 3.05) is 0 Å². The second-order valence-electron chi connectivity index (χ2n) is 3.09. The van der Waals surface area contributed by atoms with Crippen molar-refractivity contribution in [3.8, 4) is 0 Å².